The molecule has 0 bridgehead atoms. The first-order valence-electron chi connectivity index (χ1n) is 6.50. The maximum atomic E-state index is 11.0. The van der Waals surface area contributed by atoms with Gasteiger partial charge in [0.15, 0.2) is 6.73 Å². The van der Waals surface area contributed by atoms with Gasteiger partial charge in [-0.2, -0.15) is 5.10 Å². The third-order valence-corrected chi connectivity index (χ3v) is 3.38. The van der Waals surface area contributed by atoms with Gasteiger partial charge < -0.3 is 4.74 Å². The molecule has 0 fully saturated rings. The lowest BCUT2D eigenvalue weighted by molar-refractivity contribution is -0.144. The highest BCUT2D eigenvalue weighted by Gasteiger charge is 2.13. The largest absolute Gasteiger partial charge is 0.443 e. The first kappa shape index (κ1) is 13.6. The Bertz CT molecular complexity index is 797. The van der Waals surface area contributed by atoms with E-state index in [0.717, 1.165) is 22.2 Å². The molecule has 0 unspecified atom stereocenters. The van der Waals surface area contributed by atoms with E-state index in [4.69, 9.17) is 16.3 Å². The molecule has 0 atom stereocenters. The summed E-state index contributed by atoms with van der Waals surface area (Å²) < 4.78 is 6.71. The van der Waals surface area contributed by atoms with Crippen LogP contribution in [0.3, 0.4) is 0 Å². The van der Waals surface area contributed by atoms with Crippen molar-refractivity contribution in [3.8, 4) is 11.3 Å². The maximum absolute atomic E-state index is 11.0. The van der Waals surface area contributed by atoms with Crippen LogP contribution in [0.1, 0.15) is 6.92 Å². The van der Waals surface area contributed by atoms with Crippen LogP contribution in [0.25, 0.3) is 22.2 Å². The molecule has 0 aliphatic rings. The Labute approximate surface area is 126 Å². The van der Waals surface area contributed by atoms with Crippen LogP contribution in [-0.4, -0.2) is 15.7 Å². The molecule has 1 aromatic heterocycles. The van der Waals surface area contributed by atoms with Crippen LogP contribution in [-0.2, 0) is 16.3 Å². The number of ether oxygens (including phenoxy) is 1. The lowest BCUT2D eigenvalue weighted by Crippen LogP contribution is -2.07. The molecule has 3 rings (SSSR count). The molecular weight excluding hydrogens is 288 g/mol. The highest BCUT2D eigenvalue weighted by atomic mass is 35.5. The van der Waals surface area contributed by atoms with Gasteiger partial charge in [0.2, 0.25) is 0 Å². The Morgan fingerprint density at radius 3 is 2.71 bits per heavy atom. The fourth-order valence-electron chi connectivity index (χ4n) is 2.21. The molecule has 0 saturated heterocycles. The van der Waals surface area contributed by atoms with E-state index < -0.39 is 0 Å². The van der Waals surface area contributed by atoms with Crippen LogP contribution in [0.15, 0.2) is 48.5 Å². The predicted molar refractivity (Wildman–Crippen MR) is 81.9 cm³/mol. The lowest BCUT2D eigenvalue weighted by Gasteiger charge is -2.03. The third kappa shape index (κ3) is 2.76. The Balaban J connectivity index is 2.15. The van der Waals surface area contributed by atoms with E-state index in [1.165, 1.54) is 6.92 Å². The number of halogens is 1. The number of hydrogen-bond acceptors (Lipinski definition) is 3. The summed E-state index contributed by atoms with van der Waals surface area (Å²) in [4.78, 5) is 11.0. The number of benzene rings is 2. The number of carbonyl (C=O) groups excluding carboxylic acids is 1. The molecule has 1 heterocycles. The SMILES string of the molecule is CC(=O)OCn1nc(-c2ccccc2)c2cc(Cl)ccc21. The molecule has 0 aliphatic carbocycles. The van der Waals surface area contributed by atoms with Gasteiger partial charge in [-0.1, -0.05) is 41.9 Å². The number of rotatable bonds is 3. The molecule has 0 aliphatic heterocycles. The third-order valence-electron chi connectivity index (χ3n) is 3.15. The second-order valence-electron chi connectivity index (χ2n) is 4.64. The Morgan fingerprint density at radius 1 is 1.24 bits per heavy atom. The van der Waals surface area contributed by atoms with Crippen molar-refractivity contribution >= 4 is 28.5 Å². The molecule has 0 saturated carbocycles. The van der Waals surface area contributed by atoms with Crippen molar-refractivity contribution in [1.29, 1.82) is 0 Å². The van der Waals surface area contributed by atoms with Gasteiger partial charge in [0, 0.05) is 22.9 Å². The van der Waals surface area contributed by atoms with Gasteiger partial charge in [-0.3, -0.25) is 4.79 Å². The fourth-order valence-corrected chi connectivity index (χ4v) is 2.38. The lowest BCUT2D eigenvalue weighted by atomic mass is 10.1. The summed E-state index contributed by atoms with van der Waals surface area (Å²) in [6, 6.07) is 15.4. The van der Waals surface area contributed by atoms with Crippen LogP contribution >= 0.6 is 11.6 Å². The molecule has 3 aromatic rings. The highest BCUT2D eigenvalue weighted by Crippen LogP contribution is 2.30. The standard InChI is InChI=1S/C16H13ClN2O2/c1-11(20)21-10-19-15-8-7-13(17)9-14(15)16(18-19)12-5-3-2-4-6-12/h2-9H,10H2,1H3. The quantitative estimate of drug-likeness (QED) is 0.690. The Morgan fingerprint density at radius 2 is 2.00 bits per heavy atom. The van der Waals surface area contributed by atoms with Crippen LogP contribution in [0, 0.1) is 0 Å². The average Bonchev–Trinajstić information content (AvgIpc) is 2.84. The van der Waals surface area contributed by atoms with Gasteiger partial charge in [0.05, 0.1) is 5.52 Å². The van der Waals surface area contributed by atoms with Crippen LogP contribution in [0.2, 0.25) is 5.02 Å². The molecule has 5 heteroatoms. The smallest absolute Gasteiger partial charge is 0.304 e. The number of aromatic nitrogens is 2. The highest BCUT2D eigenvalue weighted by molar-refractivity contribution is 6.31. The molecule has 0 spiro atoms. The first-order valence-corrected chi connectivity index (χ1v) is 6.88. The zero-order valence-corrected chi connectivity index (χ0v) is 12.2. The molecule has 21 heavy (non-hydrogen) atoms. The van der Waals surface area contributed by atoms with E-state index in [2.05, 4.69) is 5.10 Å². The molecule has 0 radical (unpaired) electrons. The number of fused-ring (bicyclic) bond motifs is 1. The van der Waals surface area contributed by atoms with Crippen molar-refractivity contribution in [1.82, 2.24) is 9.78 Å². The number of hydrogen-bond donors (Lipinski definition) is 0. The van der Waals surface area contributed by atoms with E-state index in [-0.39, 0.29) is 12.7 Å². The summed E-state index contributed by atoms with van der Waals surface area (Å²) in [7, 11) is 0. The van der Waals surface area contributed by atoms with Crippen LogP contribution in [0.5, 0.6) is 0 Å². The van der Waals surface area contributed by atoms with Crippen LogP contribution in [0.4, 0.5) is 0 Å². The van der Waals surface area contributed by atoms with Gasteiger partial charge in [0.1, 0.15) is 5.69 Å². The fraction of sp³-hybridized carbons (Fsp3) is 0.125. The second kappa shape index (κ2) is 5.58. The minimum Gasteiger partial charge on any atom is -0.443 e. The number of nitrogens with zero attached hydrogens (tertiary/aromatic N) is 2. The monoisotopic (exact) mass is 300 g/mol. The summed E-state index contributed by atoms with van der Waals surface area (Å²) in [6.07, 6.45) is 0. The van der Waals surface area contributed by atoms with Crippen molar-refractivity contribution in [2.75, 3.05) is 0 Å². The first-order chi connectivity index (χ1) is 10.1. The van der Waals surface area contributed by atoms with E-state index in [1.54, 1.807) is 10.7 Å². The molecule has 2 aromatic carbocycles. The predicted octanol–water partition coefficient (Wildman–Crippen LogP) is 3.88. The molecule has 106 valence electrons. The van der Waals surface area contributed by atoms with Crippen molar-refractivity contribution in [3.05, 3.63) is 53.6 Å². The minimum atomic E-state index is -0.339. The molecule has 0 N–H and O–H groups in total. The maximum Gasteiger partial charge on any atom is 0.304 e. The van der Waals surface area contributed by atoms with Crippen molar-refractivity contribution < 1.29 is 9.53 Å². The summed E-state index contributed by atoms with van der Waals surface area (Å²) in [6.45, 7) is 1.46. The topological polar surface area (TPSA) is 44.1 Å². The van der Waals surface area contributed by atoms with E-state index in [9.17, 15) is 4.79 Å². The molecule has 0 amide bonds. The minimum absolute atomic E-state index is 0.0836. The zero-order chi connectivity index (χ0) is 14.8. The van der Waals surface area contributed by atoms with Gasteiger partial charge in [-0.25, -0.2) is 4.68 Å². The average molecular weight is 301 g/mol. The Kier molecular flexibility index (Phi) is 3.62. The summed E-state index contributed by atoms with van der Waals surface area (Å²) >= 11 is 6.09. The normalized spacial score (nSPS) is 10.8. The second-order valence-corrected chi connectivity index (χ2v) is 5.08. The van der Waals surface area contributed by atoms with E-state index in [1.807, 2.05) is 42.5 Å². The number of esters is 1. The summed E-state index contributed by atoms with van der Waals surface area (Å²) in [5.74, 6) is -0.339. The van der Waals surface area contributed by atoms with Crippen molar-refractivity contribution in [2.45, 2.75) is 13.7 Å². The van der Waals surface area contributed by atoms with Crippen LogP contribution < -0.4 is 0 Å². The zero-order valence-electron chi connectivity index (χ0n) is 11.4. The van der Waals surface area contributed by atoms with E-state index >= 15 is 0 Å². The van der Waals surface area contributed by atoms with E-state index in [0.29, 0.717) is 5.02 Å². The summed E-state index contributed by atoms with van der Waals surface area (Å²) in [5, 5.41) is 6.13. The number of carbonyl (C=O) groups is 1. The van der Waals surface area contributed by atoms with Gasteiger partial charge in [-0.15, -0.1) is 0 Å². The van der Waals surface area contributed by atoms with Crippen molar-refractivity contribution in [2.24, 2.45) is 0 Å². The molecular formula is C16H13ClN2O2. The van der Waals surface area contributed by atoms with Gasteiger partial charge >= 0.3 is 5.97 Å². The Hall–Kier alpha value is -2.33. The van der Waals surface area contributed by atoms with Gasteiger partial charge in [-0.05, 0) is 18.2 Å². The molecule has 4 nitrogen and oxygen atoms in total. The summed E-state index contributed by atoms with van der Waals surface area (Å²) in [5.41, 5.74) is 2.69. The van der Waals surface area contributed by atoms with Crippen molar-refractivity contribution in [3.63, 3.8) is 0 Å². The van der Waals surface area contributed by atoms with Gasteiger partial charge in [0.25, 0.3) is 0 Å².